The molecule has 1 aromatic carbocycles. The summed E-state index contributed by atoms with van der Waals surface area (Å²) in [5.41, 5.74) is 0.0224. The van der Waals surface area contributed by atoms with E-state index in [0.29, 0.717) is 0 Å². The summed E-state index contributed by atoms with van der Waals surface area (Å²) in [6, 6.07) is 1.15. The Balaban J connectivity index is 1.93. The van der Waals surface area contributed by atoms with E-state index < -0.39 is 30.4 Å². The van der Waals surface area contributed by atoms with Crippen molar-refractivity contribution in [3.05, 3.63) is 17.7 Å². The van der Waals surface area contributed by atoms with Crippen LogP contribution in [0.2, 0.25) is 0 Å². The molecule has 1 aliphatic carbocycles. The van der Waals surface area contributed by atoms with Crippen molar-refractivity contribution in [2.75, 3.05) is 6.61 Å². The fourth-order valence-corrected chi connectivity index (χ4v) is 2.97. The average molecular weight is 346 g/mol. The molecule has 1 saturated carbocycles. The van der Waals surface area contributed by atoms with Crippen molar-refractivity contribution in [1.29, 1.82) is 0 Å². The Hall–Kier alpha value is -1.99. The van der Waals surface area contributed by atoms with Gasteiger partial charge in [-0.15, -0.1) is 0 Å². The smallest absolute Gasteiger partial charge is 0.297 e. The summed E-state index contributed by atoms with van der Waals surface area (Å²) < 4.78 is 64.6. The molecule has 0 spiro atoms. The average Bonchev–Trinajstić information content (AvgIpc) is 2.83. The summed E-state index contributed by atoms with van der Waals surface area (Å²) in [6.07, 6.45) is 2.23. The maximum absolute atomic E-state index is 14.5. The summed E-state index contributed by atoms with van der Waals surface area (Å²) in [5.74, 6) is -2.95. The summed E-state index contributed by atoms with van der Waals surface area (Å²) in [4.78, 5) is 4.12. The van der Waals surface area contributed by atoms with Crippen molar-refractivity contribution in [2.24, 2.45) is 7.05 Å². The third kappa shape index (κ3) is 3.27. The Morgan fingerprint density at radius 3 is 2.62 bits per heavy atom. The molecule has 1 aliphatic rings. The summed E-state index contributed by atoms with van der Waals surface area (Å²) in [7, 11) is 1.53. The lowest BCUT2D eigenvalue weighted by Gasteiger charge is -2.22. The largest absolute Gasteiger partial charge is 0.481 e. The molecule has 0 atom stereocenters. The van der Waals surface area contributed by atoms with E-state index in [1.54, 1.807) is 0 Å². The molecular formula is C16H18F4N2O2. The number of aryl methyl sites for hydroxylation is 1. The van der Waals surface area contributed by atoms with Gasteiger partial charge in [-0.05, 0) is 25.7 Å². The molecule has 24 heavy (non-hydrogen) atoms. The zero-order valence-corrected chi connectivity index (χ0v) is 13.2. The van der Waals surface area contributed by atoms with Gasteiger partial charge in [-0.25, -0.2) is 17.6 Å². The van der Waals surface area contributed by atoms with E-state index in [1.807, 2.05) is 0 Å². The van der Waals surface area contributed by atoms with E-state index in [1.165, 1.54) is 11.6 Å². The molecule has 4 nitrogen and oxygen atoms in total. The second-order valence-corrected chi connectivity index (χ2v) is 5.90. The highest BCUT2D eigenvalue weighted by Gasteiger charge is 2.24. The Morgan fingerprint density at radius 1 is 1.25 bits per heavy atom. The standard InChI is InChI=1S/C16H18F4N2O2/c1-22-14-11(21-16(22)24-9-5-3-2-4-6-9)7-10(17)15(13(14)20)23-8-12(18)19/h7,9,12H,2-6,8H2,1H3. The van der Waals surface area contributed by atoms with Crippen LogP contribution in [0.5, 0.6) is 11.8 Å². The van der Waals surface area contributed by atoms with E-state index in [-0.39, 0.29) is 23.1 Å². The molecule has 1 heterocycles. The van der Waals surface area contributed by atoms with Gasteiger partial charge in [0.25, 0.3) is 12.4 Å². The topological polar surface area (TPSA) is 36.3 Å². The quantitative estimate of drug-likeness (QED) is 0.761. The Bertz CT molecular complexity index is 727. The minimum Gasteiger partial charge on any atom is -0.481 e. The fraction of sp³-hybridized carbons (Fsp3) is 0.562. The highest BCUT2D eigenvalue weighted by molar-refractivity contribution is 5.79. The predicted molar refractivity (Wildman–Crippen MR) is 79.6 cm³/mol. The van der Waals surface area contributed by atoms with Gasteiger partial charge >= 0.3 is 0 Å². The lowest BCUT2D eigenvalue weighted by Crippen LogP contribution is -2.21. The van der Waals surface area contributed by atoms with E-state index in [0.717, 1.165) is 38.2 Å². The van der Waals surface area contributed by atoms with Crippen molar-refractivity contribution in [1.82, 2.24) is 9.55 Å². The Kier molecular flexibility index (Phi) is 4.82. The van der Waals surface area contributed by atoms with E-state index >= 15 is 0 Å². The first-order valence-electron chi connectivity index (χ1n) is 7.89. The highest BCUT2D eigenvalue weighted by Crippen LogP contribution is 2.33. The summed E-state index contributed by atoms with van der Waals surface area (Å²) in [6.45, 7) is -1.08. The second kappa shape index (κ2) is 6.86. The third-order valence-corrected chi connectivity index (χ3v) is 4.15. The van der Waals surface area contributed by atoms with Crippen LogP contribution in [0.25, 0.3) is 11.0 Å². The molecule has 0 radical (unpaired) electrons. The number of aromatic nitrogens is 2. The fourth-order valence-electron chi connectivity index (χ4n) is 2.97. The van der Waals surface area contributed by atoms with Crippen LogP contribution < -0.4 is 9.47 Å². The molecule has 0 aliphatic heterocycles. The predicted octanol–water partition coefficient (Wildman–Crippen LogP) is 4.21. The van der Waals surface area contributed by atoms with Gasteiger partial charge in [0.2, 0.25) is 0 Å². The lowest BCUT2D eigenvalue weighted by atomic mass is 9.98. The van der Waals surface area contributed by atoms with Gasteiger partial charge in [0.05, 0.1) is 5.52 Å². The van der Waals surface area contributed by atoms with E-state index in [4.69, 9.17) is 4.74 Å². The number of alkyl halides is 2. The molecule has 2 aromatic rings. The van der Waals surface area contributed by atoms with E-state index in [2.05, 4.69) is 9.72 Å². The molecule has 132 valence electrons. The van der Waals surface area contributed by atoms with Crippen LogP contribution in [0.1, 0.15) is 32.1 Å². The number of halogens is 4. The lowest BCUT2D eigenvalue weighted by molar-refractivity contribution is 0.0778. The van der Waals surface area contributed by atoms with Crippen molar-refractivity contribution >= 4 is 11.0 Å². The normalized spacial score (nSPS) is 16.1. The molecule has 1 aromatic heterocycles. The van der Waals surface area contributed by atoms with Crippen LogP contribution in [0.4, 0.5) is 17.6 Å². The van der Waals surface area contributed by atoms with Gasteiger partial charge in [0, 0.05) is 13.1 Å². The van der Waals surface area contributed by atoms with Crippen molar-refractivity contribution in [3.63, 3.8) is 0 Å². The SMILES string of the molecule is Cn1c(OC2CCCCC2)nc2cc(F)c(OCC(F)F)c(F)c21. The highest BCUT2D eigenvalue weighted by atomic mass is 19.3. The second-order valence-electron chi connectivity index (χ2n) is 5.90. The van der Waals surface area contributed by atoms with Crippen LogP contribution in [-0.2, 0) is 7.05 Å². The van der Waals surface area contributed by atoms with Crippen LogP contribution in [0.15, 0.2) is 6.07 Å². The van der Waals surface area contributed by atoms with Gasteiger partial charge in [-0.1, -0.05) is 6.42 Å². The number of imidazole rings is 1. The number of ether oxygens (including phenoxy) is 2. The van der Waals surface area contributed by atoms with E-state index in [9.17, 15) is 17.6 Å². The van der Waals surface area contributed by atoms with Crippen molar-refractivity contribution < 1.29 is 27.0 Å². The third-order valence-electron chi connectivity index (χ3n) is 4.15. The van der Waals surface area contributed by atoms with Gasteiger partial charge in [0.1, 0.15) is 18.2 Å². The van der Waals surface area contributed by atoms with Crippen LogP contribution in [-0.4, -0.2) is 28.7 Å². The first-order valence-corrected chi connectivity index (χ1v) is 7.89. The number of benzene rings is 1. The Morgan fingerprint density at radius 2 is 1.96 bits per heavy atom. The summed E-state index contributed by atoms with van der Waals surface area (Å²) in [5, 5.41) is 0. The van der Waals surface area contributed by atoms with Gasteiger partial charge in [-0.3, -0.25) is 4.57 Å². The molecule has 1 fully saturated rings. The number of nitrogens with zero attached hydrogens (tertiary/aromatic N) is 2. The van der Waals surface area contributed by atoms with Crippen LogP contribution in [0, 0.1) is 11.6 Å². The van der Waals surface area contributed by atoms with Gasteiger partial charge in [-0.2, -0.15) is 4.98 Å². The van der Waals surface area contributed by atoms with Crippen molar-refractivity contribution in [2.45, 2.75) is 44.6 Å². The minimum absolute atomic E-state index is 0.00303. The zero-order chi connectivity index (χ0) is 17.3. The molecular weight excluding hydrogens is 328 g/mol. The van der Waals surface area contributed by atoms with Gasteiger partial charge in [0.15, 0.2) is 17.4 Å². The molecule has 0 amide bonds. The molecule has 0 saturated heterocycles. The molecule has 0 unspecified atom stereocenters. The number of hydrogen-bond donors (Lipinski definition) is 0. The minimum atomic E-state index is -2.82. The van der Waals surface area contributed by atoms with Crippen LogP contribution in [0.3, 0.4) is 0 Å². The van der Waals surface area contributed by atoms with Crippen molar-refractivity contribution in [3.8, 4) is 11.8 Å². The molecule has 8 heteroatoms. The number of rotatable bonds is 5. The number of hydrogen-bond acceptors (Lipinski definition) is 3. The monoisotopic (exact) mass is 346 g/mol. The Labute approximate surface area is 136 Å². The molecule has 0 N–H and O–H groups in total. The van der Waals surface area contributed by atoms with Crippen LogP contribution >= 0.6 is 0 Å². The first kappa shape index (κ1) is 16.9. The molecule has 0 bridgehead atoms. The zero-order valence-electron chi connectivity index (χ0n) is 13.2. The number of fused-ring (bicyclic) bond motifs is 1. The summed E-state index contributed by atoms with van der Waals surface area (Å²) >= 11 is 0. The van der Waals surface area contributed by atoms with Gasteiger partial charge < -0.3 is 9.47 Å². The molecule has 3 rings (SSSR count). The first-order chi connectivity index (χ1) is 11.5. The maximum atomic E-state index is 14.5. The maximum Gasteiger partial charge on any atom is 0.297 e.